The van der Waals surface area contributed by atoms with E-state index in [0.717, 1.165) is 122 Å². The Labute approximate surface area is 438 Å². The van der Waals surface area contributed by atoms with Gasteiger partial charge in [-0.1, -0.05) is 226 Å². The first-order chi connectivity index (χ1) is 35.0. The lowest BCUT2D eigenvalue weighted by Crippen LogP contribution is -2.30. The normalized spacial score (nSPS) is 12.9. The van der Waals surface area contributed by atoms with E-state index in [9.17, 15) is 14.4 Å². The second-order valence-electron chi connectivity index (χ2n) is 19.2. The van der Waals surface area contributed by atoms with Crippen molar-refractivity contribution in [2.75, 3.05) is 13.2 Å². The van der Waals surface area contributed by atoms with E-state index < -0.39 is 6.10 Å². The molecule has 0 aromatic rings. The maximum atomic E-state index is 12.9. The first kappa shape index (κ1) is 67.1. The Morgan fingerprint density at radius 2 is 0.549 bits per heavy atom. The average Bonchev–Trinajstić information content (AvgIpc) is 3.37. The van der Waals surface area contributed by atoms with Crippen LogP contribution < -0.4 is 0 Å². The van der Waals surface area contributed by atoms with Crippen LogP contribution in [0, 0.1) is 0 Å². The summed E-state index contributed by atoms with van der Waals surface area (Å²) in [4.78, 5) is 38.2. The van der Waals surface area contributed by atoms with Gasteiger partial charge in [-0.3, -0.25) is 14.4 Å². The van der Waals surface area contributed by atoms with E-state index in [0.29, 0.717) is 12.8 Å². The van der Waals surface area contributed by atoms with Crippen LogP contribution in [0.1, 0.15) is 265 Å². The minimum atomic E-state index is -0.810. The summed E-state index contributed by atoms with van der Waals surface area (Å²) in [5, 5.41) is 0. The number of hydrogen-bond acceptors (Lipinski definition) is 6. The van der Waals surface area contributed by atoms with Gasteiger partial charge in [0.25, 0.3) is 0 Å². The molecule has 0 saturated heterocycles. The van der Waals surface area contributed by atoms with Crippen LogP contribution in [-0.2, 0) is 28.6 Å². The molecule has 0 aliphatic carbocycles. The van der Waals surface area contributed by atoms with Gasteiger partial charge < -0.3 is 14.2 Å². The zero-order valence-electron chi connectivity index (χ0n) is 46.2. The van der Waals surface area contributed by atoms with Crippen molar-refractivity contribution in [1.82, 2.24) is 0 Å². The topological polar surface area (TPSA) is 78.9 Å². The fraction of sp³-hybridized carbons (Fsp3) is 0.677. The van der Waals surface area contributed by atoms with Gasteiger partial charge in [-0.15, -0.1) is 0 Å². The van der Waals surface area contributed by atoms with Gasteiger partial charge in [-0.2, -0.15) is 0 Å². The summed E-state index contributed by atoms with van der Waals surface area (Å²) in [6.45, 7) is 6.45. The lowest BCUT2D eigenvalue weighted by molar-refractivity contribution is -0.167. The summed E-state index contributed by atoms with van der Waals surface area (Å²) >= 11 is 0. The van der Waals surface area contributed by atoms with Crippen molar-refractivity contribution in [3.05, 3.63) is 109 Å². The fourth-order valence-electron chi connectivity index (χ4n) is 7.82. The number of unbranched alkanes of at least 4 members (excludes halogenated alkanes) is 23. The highest BCUT2D eigenvalue weighted by atomic mass is 16.6. The van der Waals surface area contributed by atoms with E-state index >= 15 is 0 Å². The van der Waals surface area contributed by atoms with Crippen molar-refractivity contribution in [2.45, 2.75) is 271 Å². The van der Waals surface area contributed by atoms with Crippen molar-refractivity contribution in [2.24, 2.45) is 0 Å². The quantitative estimate of drug-likeness (QED) is 0.0261. The molecule has 0 fully saturated rings. The second kappa shape index (κ2) is 58.6. The van der Waals surface area contributed by atoms with E-state index in [1.54, 1.807) is 0 Å². The summed E-state index contributed by atoms with van der Waals surface area (Å²) < 4.78 is 16.8. The molecule has 71 heavy (non-hydrogen) atoms. The monoisotopic (exact) mass is 985 g/mol. The Morgan fingerprint density at radius 3 is 0.915 bits per heavy atom. The highest BCUT2D eigenvalue weighted by Crippen LogP contribution is 2.14. The highest BCUT2D eigenvalue weighted by molar-refractivity contribution is 5.71. The van der Waals surface area contributed by atoms with Gasteiger partial charge >= 0.3 is 17.9 Å². The Kier molecular flexibility index (Phi) is 55.4. The minimum absolute atomic E-state index is 0.103. The third-order valence-electron chi connectivity index (χ3n) is 12.2. The van der Waals surface area contributed by atoms with E-state index in [-0.39, 0.29) is 37.5 Å². The molecule has 0 spiro atoms. The largest absolute Gasteiger partial charge is 0.462 e. The molecule has 0 bridgehead atoms. The lowest BCUT2D eigenvalue weighted by atomic mass is 10.1. The van der Waals surface area contributed by atoms with Crippen molar-refractivity contribution < 1.29 is 28.6 Å². The third kappa shape index (κ3) is 56.9. The standard InChI is InChI=1S/C65H108O6/c1-4-7-10-13-16-19-22-25-28-31-32-35-38-41-44-47-50-53-56-59-65(68)71-62(60-69-63(66)57-54-51-48-45-42-39-36-33-29-26-23-20-17-14-11-8-5-2)61-70-64(67)58-55-52-49-46-43-40-37-34-30-27-24-21-18-15-12-9-6-3/h8,11,16-17,19-20,25-30,32,35-36,39,41,44,62H,4-7,9-10,12-15,18,21-24,31,33-34,37-38,40,42-43,45-61H2,1-3H3/b11-8-,19-16-,20-17-,28-25-,29-26-,30-27-,35-32-,39-36-,44-41-/t62-/m1/s1. The van der Waals surface area contributed by atoms with Gasteiger partial charge in [0.05, 0.1) is 0 Å². The van der Waals surface area contributed by atoms with Gasteiger partial charge in [0, 0.05) is 19.3 Å². The summed E-state index contributed by atoms with van der Waals surface area (Å²) in [7, 11) is 0. The van der Waals surface area contributed by atoms with Gasteiger partial charge in [0.1, 0.15) is 13.2 Å². The Bertz CT molecular complexity index is 1460. The molecule has 0 aliphatic heterocycles. The molecule has 6 nitrogen and oxygen atoms in total. The summed E-state index contributed by atoms with van der Waals surface area (Å²) in [5.41, 5.74) is 0. The predicted octanol–water partition coefficient (Wildman–Crippen LogP) is 19.9. The molecule has 0 amide bonds. The first-order valence-corrected chi connectivity index (χ1v) is 29.4. The number of rotatable bonds is 52. The molecule has 1 atom stereocenters. The molecule has 0 saturated carbocycles. The fourth-order valence-corrected chi connectivity index (χ4v) is 7.82. The predicted molar refractivity (Wildman–Crippen MR) is 307 cm³/mol. The molecule has 6 heteroatoms. The molecule has 0 aromatic heterocycles. The number of allylic oxidation sites excluding steroid dienone is 18. The van der Waals surface area contributed by atoms with Crippen LogP contribution in [0.25, 0.3) is 0 Å². The zero-order valence-corrected chi connectivity index (χ0v) is 46.2. The molecule has 0 N–H and O–H groups in total. The SMILES string of the molecule is CC/C=C\C/C=C\C/C=C\C/C=C\CCCCCCC(=O)OC[C@H](COC(=O)CCCCCCCCC/C=C\CCCCCCCC)OC(=O)CCCCC/C=C\C/C=C\C/C=C\C/C=C\CCCCC. The maximum Gasteiger partial charge on any atom is 0.306 e. The van der Waals surface area contributed by atoms with E-state index in [1.165, 1.54) is 103 Å². The first-order valence-electron chi connectivity index (χ1n) is 29.4. The van der Waals surface area contributed by atoms with Gasteiger partial charge in [-0.05, 0) is 128 Å². The molecule has 0 radical (unpaired) electrons. The highest BCUT2D eigenvalue weighted by Gasteiger charge is 2.19. The third-order valence-corrected chi connectivity index (χ3v) is 12.2. The number of carbonyl (C=O) groups excluding carboxylic acids is 3. The molecule has 0 unspecified atom stereocenters. The maximum absolute atomic E-state index is 12.9. The number of esters is 3. The molecule has 0 heterocycles. The number of ether oxygens (including phenoxy) is 3. The summed E-state index contributed by atoms with van der Waals surface area (Å²) in [5.74, 6) is -0.961. The summed E-state index contributed by atoms with van der Waals surface area (Å²) in [6, 6.07) is 0. The molecule has 0 aromatic carbocycles. The van der Waals surface area contributed by atoms with Crippen LogP contribution in [-0.4, -0.2) is 37.2 Å². The molecular weight excluding hydrogens is 877 g/mol. The van der Waals surface area contributed by atoms with Crippen LogP contribution >= 0.6 is 0 Å². The van der Waals surface area contributed by atoms with Gasteiger partial charge in [0.2, 0.25) is 0 Å². The summed E-state index contributed by atoms with van der Waals surface area (Å²) in [6.07, 6.45) is 79.3. The van der Waals surface area contributed by atoms with Crippen LogP contribution in [0.3, 0.4) is 0 Å². The minimum Gasteiger partial charge on any atom is -0.462 e. The van der Waals surface area contributed by atoms with Crippen LogP contribution in [0.4, 0.5) is 0 Å². The molecule has 404 valence electrons. The van der Waals surface area contributed by atoms with Crippen LogP contribution in [0.2, 0.25) is 0 Å². The molecule has 0 rings (SSSR count). The van der Waals surface area contributed by atoms with E-state index in [1.807, 2.05) is 0 Å². The number of hydrogen-bond donors (Lipinski definition) is 0. The Balaban J connectivity index is 4.51. The number of carbonyl (C=O) groups is 3. The molecule has 0 aliphatic rings. The van der Waals surface area contributed by atoms with Crippen LogP contribution in [0.5, 0.6) is 0 Å². The van der Waals surface area contributed by atoms with E-state index in [4.69, 9.17) is 14.2 Å². The van der Waals surface area contributed by atoms with Crippen LogP contribution in [0.15, 0.2) is 109 Å². The van der Waals surface area contributed by atoms with E-state index in [2.05, 4.69) is 130 Å². The zero-order chi connectivity index (χ0) is 51.4. The van der Waals surface area contributed by atoms with Gasteiger partial charge in [0.15, 0.2) is 6.10 Å². The Morgan fingerprint density at radius 1 is 0.296 bits per heavy atom. The van der Waals surface area contributed by atoms with Crippen molar-refractivity contribution in [3.63, 3.8) is 0 Å². The Hall–Kier alpha value is -3.93. The van der Waals surface area contributed by atoms with Crippen molar-refractivity contribution in [1.29, 1.82) is 0 Å². The lowest BCUT2D eigenvalue weighted by Gasteiger charge is -2.18. The molecular formula is C65H108O6. The second-order valence-corrected chi connectivity index (χ2v) is 19.2. The smallest absolute Gasteiger partial charge is 0.306 e. The van der Waals surface area contributed by atoms with Gasteiger partial charge in [-0.25, -0.2) is 0 Å². The average molecular weight is 986 g/mol. The van der Waals surface area contributed by atoms with Crippen molar-refractivity contribution in [3.8, 4) is 0 Å². The van der Waals surface area contributed by atoms with Crippen molar-refractivity contribution >= 4 is 17.9 Å².